The van der Waals surface area contributed by atoms with Crippen molar-refractivity contribution in [2.45, 2.75) is 90.0 Å². The Labute approximate surface area is 184 Å². The number of hydrogen-bond acceptors (Lipinski definition) is 4. The molecule has 0 aromatic carbocycles. The van der Waals surface area contributed by atoms with Gasteiger partial charge in [0.25, 0.3) is 0 Å². The first-order chi connectivity index (χ1) is 14.7. The third-order valence-corrected chi connectivity index (χ3v) is 6.89. The smallest absolute Gasteiger partial charge is 0.315 e. The fourth-order valence-corrected chi connectivity index (χ4v) is 4.95. The molecule has 2 aromatic heterocycles. The number of esters is 1. The van der Waals surface area contributed by atoms with E-state index in [1.165, 1.54) is 62.7 Å². The van der Waals surface area contributed by atoms with Gasteiger partial charge in [0.15, 0.2) is 0 Å². The average molecular weight is 430 g/mol. The summed E-state index contributed by atoms with van der Waals surface area (Å²) in [5, 5.41) is 1.91. The molecular weight excluding hydrogens is 394 g/mol. The maximum absolute atomic E-state index is 12.7. The summed E-state index contributed by atoms with van der Waals surface area (Å²) in [5.74, 6) is -0.341. The molecule has 0 amide bonds. The Morgan fingerprint density at radius 3 is 2.37 bits per heavy atom. The van der Waals surface area contributed by atoms with E-state index in [1.54, 1.807) is 0 Å². The molecule has 0 spiro atoms. The number of carbonyl (C=O) groups is 2. The van der Waals surface area contributed by atoms with Gasteiger partial charge < -0.3 is 9.30 Å². The molecule has 30 heavy (non-hydrogen) atoms. The van der Waals surface area contributed by atoms with Crippen molar-refractivity contribution < 1.29 is 14.3 Å². The predicted octanol–water partition coefficient (Wildman–Crippen LogP) is 6.73. The molecule has 0 saturated carbocycles. The minimum Gasteiger partial charge on any atom is -0.465 e. The lowest BCUT2D eigenvalue weighted by Crippen LogP contribution is -2.14. The van der Waals surface area contributed by atoms with Gasteiger partial charge >= 0.3 is 5.97 Å². The maximum atomic E-state index is 12.7. The van der Waals surface area contributed by atoms with E-state index in [0.29, 0.717) is 18.8 Å². The molecule has 164 valence electrons. The summed E-state index contributed by atoms with van der Waals surface area (Å²) in [4.78, 5) is 26.0. The molecule has 1 atom stereocenters. The summed E-state index contributed by atoms with van der Waals surface area (Å²) in [6, 6.07) is 7.50. The number of fused-ring (bicyclic) bond motifs is 1. The van der Waals surface area contributed by atoms with Gasteiger partial charge in [0.2, 0.25) is 5.78 Å². The predicted molar refractivity (Wildman–Crippen MR) is 122 cm³/mol. The van der Waals surface area contributed by atoms with Crippen molar-refractivity contribution >= 4 is 23.1 Å². The highest BCUT2D eigenvalue weighted by atomic mass is 32.1. The van der Waals surface area contributed by atoms with Gasteiger partial charge in [-0.15, -0.1) is 11.3 Å². The number of ketones is 1. The summed E-state index contributed by atoms with van der Waals surface area (Å²) in [6.07, 6.45) is 13.4. The maximum Gasteiger partial charge on any atom is 0.315 e. The molecule has 4 nitrogen and oxygen atoms in total. The number of hydrogen-bond donors (Lipinski definition) is 0. The van der Waals surface area contributed by atoms with E-state index in [2.05, 4.69) is 6.92 Å². The second kappa shape index (κ2) is 12.1. The minimum atomic E-state index is -0.238. The summed E-state index contributed by atoms with van der Waals surface area (Å²) < 4.78 is 7.56. The van der Waals surface area contributed by atoms with Crippen molar-refractivity contribution in [3.63, 3.8) is 0 Å². The van der Waals surface area contributed by atoms with Crippen LogP contribution in [0.1, 0.15) is 105 Å². The summed E-state index contributed by atoms with van der Waals surface area (Å²) >= 11 is 1.45. The Morgan fingerprint density at radius 2 is 1.70 bits per heavy atom. The largest absolute Gasteiger partial charge is 0.465 e. The van der Waals surface area contributed by atoms with E-state index in [0.717, 1.165) is 29.8 Å². The Bertz CT molecular complexity index is 793. The lowest BCUT2D eigenvalue weighted by molar-refractivity contribution is -0.145. The minimum absolute atomic E-state index is 0.0376. The summed E-state index contributed by atoms with van der Waals surface area (Å²) in [6.45, 7) is 3.46. The lowest BCUT2D eigenvalue weighted by Gasteiger charge is -2.10. The van der Waals surface area contributed by atoms with E-state index in [1.807, 2.05) is 34.2 Å². The van der Waals surface area contributed by atoms with Crippen LogP contribution in [0.5, 0.6) is 0 Å². The van der Waals surface area contributed by atoms with Crippen molar-refractivity contribution in [1.29, 1.82) is 0 Å². The normalized spacial score (nSPS) is 15.3. The Morgan fingerprint density at radius 1 is 1.00 bits per heavy atom. The van der Waals surface area contributed by atoms with Gasteiger partial charge in [0.1, 0.15) is 0 Å². The van der Waals surface area contributed by atoms with Crippen molar-refractivity contribution in [1.82, 2.24) is 4.57 Å². The molecule has 0 saturated heterocycles. The molecule has 5 heteroatoms. The van der Waals surface area contributed by atoms with Crippen molar-refractivity contribution in [3.8, 4) is 0 Å². The third kappa shape index (κ3) is 6.07. The highest BCUT2D eigenvalue weighted by molar-refractivity contribution is 7.12. The van der Waals surface area contributed by atoms with E-state index < -0.39 is 0 Å². The number of carbonyl (C=O) groups excluding carboxylic acids is 2. The quantitative estimate of drug-likeness (QED) is 0.190. The molecular formula is C25H35NO3S. The van der Waals surface area contributed by atoms with Crippen LogP contribution in [0.2, 0.25) is 0 Å². The lowest BCUT2D eigenvalue weighted by atomic mass is 10.1. The zero-order chi connectivity index (χ0) is 21.2. The van der Waals surface area contributed by atoms with Crippen LogP contribution >= 0.6 is 11.3 Å². The van der Waals surface area contributed by atoms with Crippen LogP contribution in [-0.2, 0) is 16.1 Å². The summed E-state index contributed by atoms with van der Waals surface area (Å²) in [7, 11) is 0. The van der Waals surface area contributed by atoms with Gasteiger partial charge in [-0.25, -0.2) is 0 Å². The first-order valence-corrected chi connectivity index (χ1v) is 12.5. The number of aromatic nitrogens is 1. The molecule has 1 aliphatic rings. The van der Waals surface area contributed by atoms with Crippen molar-refractivity contribution in [3.05, 3.63) is 45.9 Å². The Balaban J connectivity index is 1.34. The van der Waals surface area contributed by atoms with Crippen molar-refractivity contribution in [2.24, 2.45) is 0 Å². The molecule has 0 bridgehead atoms. The van der Waals surface area contributed by atoms with Gasteiger partial charge in [0.05, 0.1) is 23.1 Å². The number of unbranched alkanes of at least 4 members (excludes halogenated alkanes) is 9. The molecule has 3 rings (SSSR count). The van der Waals surface area contributed by atoms with E-state index >= 15 is 0 Å². The van der Waals surface area contributed by atoms with E-state index in [9.17, 15) is 9.59 Å². The first-order valence-electron chi connectivity index (χ1n) is 11.7. The van der Waals surface area contributed by atoms with Crippen LogP contribution in [0.3, 0.4) is 0 Å². The van der Waals surface area contributed by atoms with Gasteiger partial charge in [-0.05, 0) is 36.4 Å². The Hall–Kier alpha value is -1.88. The van der Waals surface area contributed by atoms with Gasteiger partial charge in [-0.3, -0.25) is 9.59 Å². The van der Waals surface area contributed by atoms with E-state index in [-0.39, 0.29) is 17.7 Å². The first kappa shape index (κ1) is 22.8. The van der Waals surface area contributed by atoms with Crippen LogP contribution in [-0.4, -0.2) is 22.9 Å². The van der Waals surface area contributed by atoms with Gasteiger partial charge in [-0.2, -0.15) is 0 Å². The molecule has 1 aliphatic heterocycles. The Kier molecular flexibility index (Phi) is 9.19. The highest BCUT2D eigenvalue weighted by Gasteiger charge is 2.33. The second-order valence-corrected chi connectivity index (χ2v) is 9.24. The molecule has 0 aliphatic carbocycles. The van der Waals surface area contributed by atoms with Crippen LogP contribution in [0.4, 0.5) is 0 Å². The molecule has 2 aromatic rings. The number of ether oxygens (including phenoxy) is 1. The van der Waals surface area contributed by atoms with Gasteiger partial charge in [-0.1, -0.05) is 70.8 Å². The summed E-state index contributed by atoms with van der Waals surface area (Å²) in [5.41, 5.74) is 1.60. The zero-order valence-corrected chi connectivity index (χ0v) is 19.1. The van der Waals surface area contributed by atoms with E-state index in [4.69, 9.17) is 4.74 Å². The fourth-order valence-electron chi connectivity index (χ4n) is 4.28. The zero-order valence-electron chi connectivity index (χ0n) is 18.2. The molecule has 0 fully saturated rings. The molecule has 0 radical (unpaired) electrons. The van der Waals surface area contributed by atoms with Crippen LogP contribution in [0.15, 0.2) is 29.6 Å². The number of rotatable bonds is 14. The number of nitrogens with zero attached hydrogens (tertiary/aromatic N) is 1. The standard InChI is InChI=1S/C25H35NO3S/c1-2-3-4-5-6-7-8-9-10-11-18-29-25(28)20-16-17-26-21(20)14-15-22(26)24(27)23-13-12-19-30-23/h12-15,19-20H,2-11,16-18H2,1H3. The topological polar surface area (TPSA) is 48.3 Å². The molecule has 3 heterocycles. The van der Waals surface area contributed by atoms with Crippen molar-refractivity contribution in [2.75, 3.05) is 6.61 Å². The molecule has 1 unspecified atom stereocenters. The second-order valence-electron chi connectivity index (χ2n) is 8.29. The molecule has 0 N–H and O–H groups in total. The fraction of sp³-hybridized carbons (Fsp3) is 0.600. The van der Waals surface area contributed by atoms with Gasteiger partial charge in [0, 0.05) is 12.2 Å². The van der Waals surface area contributed by atoms with Crippen LogP contribution in [0.25, 0.3) is 0 Å². The third-order valence-electron chi connectivity index (χ3n) is 6.02. The average Bonchev–Trinajstić information content (AvgIpc) is 3.49. The highest BCUT2D eigenvalue weighted by Crippen LogP contribution is 2.32. The van der Waals surface area contributed by atoms with Crippen LogP contribution < -0.4 is 0 Å². The SMILES string of the molecule is CCCCCCCCCCCCOC(=O)C1CCn2c(C(=O)c3cccs3)ccc21. The number of thiophene rings is 1. The monoisotopic (exact) mass is 429 g/mol. The van der Waals surface area contributed by atoms with Crippen LogP contribution in [0, 0.1) is 0 Å².